The third-order valence-corrected chi connectivity index (χ3v) is 4.82. The molecule has 0 unspecified atom stereocenters. The Labute approximate surface area is 128 Å². The van der Waals surface area contributed by atoms with Crippen molar-refractivity contribution in [3.05, 3.63) is 35.9 Å². The summed E-state index contributed by atoms with van der Waals surface area (Å²) in [7, 11) is 0. The summed E-state index contributed by atoms with van der Waals surface area (Å²) in [4.78, 5) is 0. The molecule has 0 N–H and O–H groups in total. The van der Waals surface area contributed by atoms with Crippen LogP contribution >= 0.6 is 24.0 Å². The van der Waals surface area contributed by atoms with Gasteiger partial charge in [0.25, 0.3) is 0 Å². The summed E-state index contributed by atoms with van der Waals surface area (Å²) in [6, 6.07) is 10.3. The minimum atomic E-state index is 1.04. The number of rotatable bonds is 10. The molecule has 19 heavy (non-hydrogen) atoms. The fourth-order valence-electron chi connectivity index (χ4n) is 2.06. The minimum absolute atomic E-state index is 1.04. The highest BCUT2D eigenvalue weighted by molar-refractivity contribution is 8.23. The molecule has 0 heterocycles. The summed E-state index contributed by atoms with van der Waals surface area (Å²) in [5.41, 5.74) is 1.20. The second-order valence-corrected chi connectivity index (χ2v) is 6.75. The molecular weight excluding hydrogens is 268 g/mol. The molecule has 2 heteroatoms. The maximum atomic E-state index is 5.43. The van der Waals surface area contributed by atoms with Gasteiger partial charge in [-0.1, -0.05) is 94.4 Å². The fraction of sp³-hybridized carbons (Fsp3) is 0.588. The summed E-state index contributed by atoms with van der Waals surface area (Å²) < 4.78 is 1.04. The lowest BCUT2D eigenvalue weighted by Crippen LogP contribution is -1.93. The zero-order valence-electron chi connectivity index (χ0n) is 12.1. The monoisotopic (exact) mass is 294 g/mol. The Morgan fingerprint density at radius 3 is 2.11 bits per heavy atom. The van der Waals surface area contributed by atoms with Gasteiger partial charge in [-0.05, 0) is 17.7 Å². The van der Waals surface area contributed by atoms with E-state index in [1.54, 1.807) is 0 Å². The van der Waals surface area contributed by atoms with Gasteiger partial charge in [0.2, 0.25) is 0 Å². The molecule has 0 spiro atoms. The lowest BCUT2D eigenvalue weighted by molar-refractivity contribution is 0.586. The molecule has 0 nitrogen and oxygen atoms in total. The van der Waals surface area contributed by atoms with E-state index in [1.165, 1.54) is 62.7 Å². The van der Waals surface area contributed by atoms with Crippen molar-refractivity contribution in [1.82, 2.24) is 0 Å². The van der Waals surface area contributed by atoms with Gasteiger partial charge in [-0.15, -0.1) is 11.8 Å². The van der Waals surface area contributed by atoms with Gasteiger partial charge >= 0.3 is 0 Å². The average molecular weight is 295 g/mol. The Hall–Kier alpha value is -0.340. The molecule has 0 radical (unpaired) electrons. The molecule has 106 valence electrons. The van der Waals surface area contributed by atoms with Gasteiger partial charge in [0.15, 0.2) is 0 Å². The van der Waals surface area contributed by atoms with Crippen molar-refractivity contribution >= 4 is 28.2 Å². The summed E-state index contributed by atoms with van der Waals surface area (Å²) in [5, 5.41) is 0. The highest BCUT2D eigenvalue weighted by Gasteiger charge is 2.00. The van der Waals surface area contributed by atoms with Gasteiger partial charge in [-0.3, -0.25) is 0 Å². The topological polar surface area (TPSA) is 0 Å². The van der Waals surface area contributed by atoms with Crippen LogP contribution in [0.3, 0.4) is 0 Å². The van der Waals surface area contributed by atoms with E-state index in [0.29, 0.717) is 0 Å². The lowest BCUT2D eigenvalue weighted by Gasteiger charge is -2.04. The standard InChI is InChI=1S/C17H26S2/c1-2-3-4-5-6-7-8-12-15-19-17(18)16-13-10-9-11-14-16/h9-11,13-14H,2-8,12,15H2,1H3. The Bertz CT molecular complexity index is 332. The van der Waals surface area contributed by atoms with Crippen LogP contribution in [0, 0.1) is 0 Å². The second-order valence-electron chi connectivity index (χ2n) is 4.98. The van der Waals surface area contributed by atoms with Gasteiger partial charge in [0.1, 0.15) is 0 Å². The van der Waals surface area contributed by atoms with Gasteiger partial charge < -0.3 is 0 Å². The van der Waals surface area contributed by atoms with E-state index in [2.05, 4.69) is 31.2 Å². The van der Waals surface area contributed by atoms with Crippen LogP contribution in [0.25, 0.3) is 0 Å². The Kier molecular flexibility index (Phi) is 10.1. The van der Waals surface area contributed by atoms with Crippen LogP contribution in [0.1, 0.15) is 63.9 Å². The molecule has 0 fully saturated rings. The first-order chi connectivity index (χ1) is 9.34. The number of hydrogen-bond acceptors (Lipinski definition) is 2. The van der Waals surface area contributed by atoms with Crippen molar-refractivity contribution in [1.29, 1.82) is 0 Å². The second kappa shape index (κ2) is 11.5. The number of thioether (sulfide) groups is 1. The molecule has 0 aliphatic carbocycles. The maximum absolute atomic E-state index is 5.43. The van der Waals surface area contributed by atoms with Crippen molar-refractivity contribution in [3.63, 3.8) is 0 Å². The normalized spacial score (nSPS) is 10.6. The molecule has 0 saturated carbocycles. The average Bonchev–Trinajstić information content (AvgIpc) is 2.46. The predicted octanol–water partition coefficient (Wildman–Crippen LogP) is 6.24. The van der Waals surface area contributed by atoms with Crippen molar-refractivity contribution in [2.75, 3.05) is 5.75 Å². The maximum Gasteiger partial charge on any atom is 0.0778 e. The SMILES string of the molecule is CCCCCCCCCCSC(=S)c1ccccc1. The number of unbranched alkanes of at least 4 members (excludes halogenated alkanes) is 7. The Balaban J connectivity index is 1.95. The molecule has 1 aromatic rings. The summed E-state index contributed by atoms with van der Waals surface area (Å²) in [5.74, 6) is 1.17. The van der Waals surface area contributed by atoms with Crippen LogP contribution in [-0.4, -0.2) is 9.95 Å². The molecule has 0 aliphatic heterocycles. The molecule has 0 bridgehead atoms. The molecule has 0 aromatic heterocycles. The van der Waals surface area contributed by atoms with E-state index in [0.717, 1.165) is 4.20 Å². The largest absolute Gasteiger partial charge is 0.114 e. The highest BCUT2D eigenvalue weighted by atomic mass is 32.2. The predicted molar refractivity (Wildman–Crippen MR) is 93.2 cm³/mol. The van der Waals surface area contributed by atoms with Crippen LogP contribution in [0.4, 0.5) is 0 Å². The first-order valence-corrected chi connectivity index (χ1v) is 8.96. The van der Waals surface area contributed by atoms with Crippen molar-refractivity contribution in [2.45, 2.75) is 58.3 Å². The van der Waals surface area contributed by atoms with Crippen LogP contribution in [0.2, 0.25) is 0 Å². The Morgan fingerprint density at radius 1 is 0.895 bits per heavy atom. The first-order valence-electron chi connectivity index (χ1n) is 7.56. The zero-order chi connectivity index (χ0) is 13.8. The fourth-order valence-corrected chi connectivity index (χ4v) is 3.28. The van der Waals surface area contributed by atoms with E-state index in [9.17, 15) is 0 Å². The molecule has 0 atom stereocenters. The van der Waals surface area contributed by atoms with Crippen LogP contribution in [-0.2, 0) is 0 Å². The van der Waals surface area contributed by atoms with E-state index in [1.807, 2.05) is 17.8 Å². The van der Waals surface area contributed by atoms with E-state index in [4.69, 9.17) is 12.2 Å². The van der Waals surface area contributed by atoms with Crippen LogP contribution in [0.5, 0.6) is 0 Å². The summed E-state index contributed by atoms with van der Waals surface area (Å²) >= 11 is 7.27. The van der Waals surface area contributed by atoms with Gasteiger partial charge in [-0.25, -0.2) is 0 Å². The minimum Gasteiger partial charge on any atom is -0.114 e. The van der Waals surface area contributed by atoms with Crippen molar-refractivity contribution in [3.8, 4) is 0 Å². The smallest absolute Gasteiger partial charge is 0.0778 e. The zero-order valence-corrected chi connectivity index (χ0v) is 13.7. The number of thiocarbonyl (C=S) groups is 1. The lowest BCUT2D eigenvalue weighted by atomic mass is 10.1. The van der Waals surface area contributed by atoms with Crippen molar-refractivity contribution < 1.29 is 0 Å². The number of hydrogen-bond donors (Lipinski definition) is 0. The highest BCUT2D eigenvalue weighted by Crippen LogP contribution is 2.16. The van der Waals surface area contributed by atoms with Gasteiger partial charge in [-0.2, -0.15) is 0 Å². The van der Waals surface area contributed by atoms with E-state index < -0.39 is 0 Å². The molecule has 0 amide bonds. The molecule has 0 saturated heterocycles. The third kappa shape index (κ3) is 8.43. The molecule has 0 aliphatic rings. The van der Waals surface area contributed by atoms with E-state index in [-0.39, 0.29) is 0 Å². The van der Waals surface area contributed by atoms with Gasteiger partial charge in [0, 0.05) is 0 Å². The quantitative estimate of drug-likeness (QED) is 0.370. The molecule has 1 rings (SSSR count). The summed E-state index contributed by atoms with van der Waals surface area (Å²) in [6.45, 7) is 2.27. The first kappa shape index (κ1) is 16.7. The number of benzene rings is 1. The van der Waals surface area contributed by atoms with Crippen molar-refractivity contribution in [2.24, 2.45) is 0 Å². The van der Waals surface area contributed by atoms with E-state index >= 15 is 0 Å². The Morgan fingerprint density at radius 2 is 1.47 bits per heavy atom. The van der Waals surface area contributed by atoms with Crippen LogP contribution < -0.4 is 0 Å². The molecular formula is C17H26S2. The van der Waals surface area contributed by atoms with Crippen LogP contribution in [0.15, 0.2) is 30.3 Å². The molecule has 1 aromatic carbocycles. The van der Waals surface area contributed by atoms with Gasteiger partial charge in [0.05, 0.1) is 4.20 Å². The third-order valence-electron chi connectivity index (χ3n) is 3.24. The summed E-state index contributed by atoms with van der Waals surface area (Å²) in [6.07, 6.45) is 11.0.